The number of pyridine rings is 1. The highest BCUT2D eigenvalue weighted by Gasteiger charge is 2.12. The molecule has 2 aromatic rings. The molecule has 0 atom stereocenters. The minimum atomic E-state index is 0.355. The van der Waals surface area contributed by atoms with Crippen LogP contribution in [0.5, 0.6) is 0 Å². The molecule has 0 bridgehead atoms. The fourth-order valence-corrected chi connectivity index (χ4v) is 1.90. The van der Waals surface area contributed by atoms with Gasteiger partial charge < -0.3 is 11.5 Å². The maximum absolute atomic E-state index is 6.02. The summed E-state index contributed by atoms with van der Waals surface area (Å²) in [5.74, 6) is 1.14. The lowest BCUT2D eigenvalue weighted by Gasteiger charge is -2.10. The molecule has 22 heavy (non-hydrogen) atoms. The van der Waals surface area contributed by atoms with Crippen LogP contribution in [-0.2, 0) is 6.42 Å². The Morgan fingerprint density at radius 2 is 1.91 bits per heavy atom. The van der Waals surface area contributed by atoms with Crippen molar-refractivity contribution in [3.05, 3.63) is 66.4 Å². The van der Waals surface area contributed by atoms with Gasteiger partial charge in [-0.2, -0.15) is 0 Å². The standard InChI is InChI=1S/C17H19N5/c1-3-4-5-8-12(2)11-13-15(18)21-17(22-16(13)19)14-9-6-7-10-20-14/h3-10H,2,11H2,1H3,(H4,18,19,21,22)/b4-3-,8-5-. The van der Waals surface area contributed by atoms with Gasteiger partial charge in [0.2, 0.25) is 0 Å². The molecule has 0 aromatic carbocycles. The van der Waals surface area contributed by atoms with Gasteiger partial charge in [-0.3, -0.25) is 4.98 Å². The second-order valence-electron chi connectivity index (χ2n) is 4.73. The average molecular weight is 293 g/mol. The molecule has 0 amide bonds. The normalized spacial score (nSPS) is 11.3. The van der Waals surface area contributed by atoms with Gasteiger partial charge in [0, 0.05) is 18.2 Å². The van der Waals surface area contributed by atoms with Crippen LogP contribution in [0.1, 0.15) is 12.5 Å². The van der Waals surface area contributed by atoms with E-state index in [0.29, 0.717) is 35.1 Å². The summed E-state index contributed by atoms with van der Waals surface area (Å²) < 4.78 is 0. The fraction of sp³-hybridized carbons (Fsp3) is 0.118. The molecule has 0 unspecified atom stereocenters. The summed E-state index contributed by atoms with van der Waals surface area (Å²) in [6, 6.07) is 5.50. The quantitative estimate of drug-likeness (QED) is 0.827. The molecule has 0 aliphatic rings. The average Bonchev–Trinajstić information content (AvgIpc) is 2.52. The zero-order chi connectivity index (χ0) is 15.9. The monoisotopic (exact) mass is 293 g/mol. The molecule has 0 aliphatic carbocycles. The third-order valence-corrected chi connectivity index (χ3v) is 3.00. The fourth-order valence-electron chi connectivity index (χ4n) is 1.90. The van der Waals surface area contributed by atoms with Crippen molar-refractivity contribution >= 4 is 11.6 Å². The van der Waals surface area contributed by atoms with Crippen LogP contribution in [0.4, 0.5) is 11.6 Å². The molecule has 2 heterocycles. The molecule has 0 fully saturated rings. The van der Waals surface area contributed by atoms with Crippen LogP contribution < -0.4 is 11.5 Å². The van der Waals surface area contributed by atoms with Crippen LogP contribution in [0.2, 0.25) is 0 Å². The summed E-state index contributed by atoms with van der Waals surface area (Å²) in [5, 5.41) is 0. The molecule has 5 nitrogen and oxygen atoms in total. The third kappa shape index (κ3) is 3.79. The Kier molecular flexibility index (Phi) is 5.03. The maximum atomic E-state index is 6.02. The predicted molar refractivity (Wildman–Crippen MR) is 90.9 cm³/mol. The van der Waals surface area contributed by atoms with Crippen molar-refractivity contribution in [2.75, 3.05) is 11.5 Å². The van der Waals surface area contributed by atoms with Crippen molar-refractivity contribution in [2.24, 2.45) is 0 Å². The van der Waals surface area contributed by atoms with E-state index in [0.717, 1.165) is 5.57 Å². The molecule has 5 heteroatoms. The molecule has 2 aromatic heterocycles. The Morgan fingerprint density at radius 1 is 1.18 bits per heavy atom. The number of anilines is 2. The molecule has 0 radical (unpaired) electrons. The number of nitrogens with zero attached hydrogens (tertiary/aromatic N) is 3. The summed E-state index contributed by atoms with van der Waals surface area (Å²) in [4.78, 5) is 12.8. The number of hydrogen-bond donors (Lipinski definition) is 2. The second-order valence-corrected chi connectivity index (χ2v) is 4.73. The number of aromatic nitrogens is 3. The van der Waals surface area contributed by atoms with Gasteiger partial charge in [-0.25, -0.2) is 9.97 Å². The number of hydrogen-bond acceptors (Lipinski definition) is 5. The number of allylic oxidation sites excluding steroid dienone is 5. The lowest BCUT2D eigenvalue weighted by molar-refractivity contribution is 1.09. The van der Waals surface area contributed by atoms with Crippen molar-refractivity contribution in [3.8, 4) is 11.5 Å². The molecule has 112 valence electrons. The van der Waals surface area contributed by atoms with Crippen LogP contribution in [0.25, 0.3) is 11.5 Å². The van der Waals surface area contributed by atoms with Gasteiger partial charge in [0.1, 0.15) is 17.3 Å². The Balaban J connectivity index is 2.26. The number of nitrogens with two attached hydrogens (primary N) is 2. The summed E-state index contributed by atoms with van der Waals surface area (Å²) in [7, 11) is 0. The van der Waals surface area contributed by atoms with Crippen LogP contribution in [0, 0.1) is 0 Å². The highest BCUT2D eigenvalue weighted by molar-refractivity contribution is 5.61. The minimum Gasteiger partial charge on any atom is -0.383 e. The van der Waals surface area contributed by atoms with Gasteiger partial charge in [-0.1, -0.05) is 42.5 Å². The second kappa shape index (κ2) is 7.17. The predicted octanol–water partition coefficient (Wildman–Crippen LogP) is 2.93. The Morgan fingerprint density at radius 3 is 2.50 bits per heavy atom. The van der Waals surface area contributed by atoms with Crippen molar-refractivity contribution in [3.63, 3.8) is 0 Å². The van der Waals surface area contributed by atoms with Gasteiger partial charge in [-0.15, -0.1) is 0 Å². The highest BCUT2D eigenvalue weighted by Crippen LogP contribution is 2.23. The topological polar surface area (TPSA) is 90.7 Å². The Labute approximate surface area is 130 Å². The van der Waals surface area contributed by atoms with Crippen LogP contribution in [0.3, 0.4) is 0 Å². The Bertz CT molecular complexity index is 694. The van der Waals surface area contributed by atoms with E-state index in [4.69, 9.17) is 11.5 Å². The summed E-state index contributed by atoms with van der Waals surface area (Å²) in [5.41, 5.74) is 14.3. The van der Waals surface area contributed by atoms with E-state index in [2.05, 4.69) is 21.5 Å². The van der Waals surface area contributed by atoms with E-state index in [1.54, 1.807) is 6.20 Å². The van der Waals surface area contributed by atoms with Crippen LogP contribution >= 0.6 is 0 Å². The molecule has 0 saturated carbocycles. The largest absolute Gasteiger partial charge is 0.383 e. The summed E-state index contributed by atoms with van der Waals surface area (Å²) in [6.07, 6.45) is 9.88. The van der Waals surface area contributed by atoms with Crippen molar-refractivity contribution in [1.82, 2.24) is 15.0 Å². The summed E-state index contributed by atoms with van der Waals surface area (Å²) >= 11 is 0. The van der Waals surface area contributed by atoms with Gasteiger partial charge >= 0.3 is 0 Å². The first kappa shape index (κ1) is 15.4. The van der Waals surface area contributed by atoms with E-state index in [1.165, 1.54) is 0 Å². The van der Waals surface area contributed by atoms with Gasteiger partial charge in [0.25, 0.3) is 0 Å². The minimum absolute atomic E-state index is 0.355. The van der Waals surface area contributed by atoms with E-state index >= 15 is 0 Å². The van der Waals surface area contributed by atoms with E-state index in [-0.39, 0.29) is 0 Å². The van der Waals surface area contributed by atoms with Gasteiger partial charge in [0.15, 0.2) is 5.82 Å². The number of nitrogen functional groups attached to an aromatic ring is 2. The van der Waals surface area contributed by atoms with E-state index in [9.17, 15) is 0 Å². The molecular weight excluding hydrogens is 274 g/mol. The van der Waals surface area contributed by atoms with Gasteiger partial charge in [-0.05, 0) is 19.1 Å². The molecule has 0 saturated heterocycles. The first-order valence-electron chi connectivity index (χ1n) is 6.92. The van der Waals surface area contributed by atoms with Crippen LogP contribution in [-0.4, -0.2) is 15.0 Å². The summed E-state index contributed by atoms with van der Waals surface area (Å²) in [6.45, 7) is 5.94. The molecule has 4 N–H and O–H groups in total. The van der Waals surface area contributed by atoms with E-state index in [1.807, 2.05) is 49.4 Å². The molecule has 0 aliphatic heterocycles. The lowest BCUT2D eigenvalue weighted by Crippen LogP contribution is -2.08. The molecule has 2 rings (SSSR count). The highest BCUT2D eigenvalue weighted by atomic mass is 15.0. The maximum Gasteiger partial charge on any atom is 0.182 e. The van der Waals surface area contributed by atoms with Crippen molar-refractivity contribution in [1.29, 1.82) is 0 Å². The Hall–Kier alpha value is -2.95. The first-order chi connectivity index (χ1) is 10.6. The molecule has 0 spiro atoms. The van der Waals surface area contributed by atoms with E-state index < -0.39 is 0 Å². The third-order valence-electron chi connectivity index (χ3n) is 3.00. The lowest BCUT2D eigenvalue weighted by atomic mass is 10.1. The SMILES string of the molecule is C=C(/C=C\C=C/C)Cc1c(N)nc(-c2ccccn2)nc1N. The zero-order valence-electron chi connectivity index (χ0n) is 12.5. The van der Waals surface area contributed by atoms with Crippen LogP contribution in [0.15, 0.2) is 60.9 Å². The smallest absolute Gasteiger partial charge is 0.182 e. The number of rotatable bonds is 5. The first-order valence-corrected chi connectivity index (χ1v) is 6.92. The van der Waals surface area contributed by atoms with Crippen molar-refractivity contribution in [2.45, 2.75) is 13.3 Å². The van der Waals surface area contributed by atoms with Gasteiger partial charge in [0.05, 0.1) is 0 Å². The van der Waals surface area contributed by atoms with Crippen molar-refractivity contribution < 1.29 is 0 Å². The zero-order valence-corrected chi connectivity index (χ0v) is 12.5. The molecular formula is C17H19N5.